The standard InChI is InChI=1S/C22H30N2O3/c1-3-16(2)24-20(25)18-9-5-4-8-17(18)19(22(24)10-6-7-11-22)21(26)23-12-14-27-15-13-23/h4-5,8-9,16,19H,3,6-7,10-15H2,1-2H3/t16-,19+/m0/s1. The summed E-state index contributed by atoms with van der Waals surface area (Å²) in [5.41, 5.74) is 1.26. The number of amides is 2. The first-order valence-corrected chi connectivity index (χ1v) is 10.4. The molecule has 1 saturated heterocycles. The van der Waals surface area contributed by atoms with Crippen molar-refractivity contribution in [1.29, 1.82) is 0 Å². The minimum atomic E-state index is -0.379. The minimum Gasteiger partial charge on any atom is -0.378 e. The van der Waals surface area contributed by atoms with Crippen molar-refractivity contribution in [2.24, 2.45) is 0 Å². The zero-order chi connectivity index (χ0) is 19.0. The molecular formula is C22H30N2O3. The largest absolute Gasteiger partial charge is 0.378 e. The maximum atomic E-state index is 13.8. The summed E-state index contributed by atoms with van der Waals surface area (Å²) in [6, 6.07) is 7.91. The molecule has 0 N–H and O–H groups in total. The van der Waals surface area contributed by atoms with Crippen LogP contribution in [0.15, 0.2) is 24.3 Å². The van der Waals surface area contributed by atoms with E-state index in [2.05, 4.69) is 18.7 Å². The average molecular weight is 370 g/mol. The Hall–Kier alpha value is -1.88. The lowest BCUT2D eigenvalue weighted by atomic mass is 9.70. The van der Waals surface area contributed by atoms with Crippen LogP contribution in [0.2, 0.25) is 0 Å². The van der Waals surface area contributed by atoms with Gasteiger partial charge in [-0.05, 0) is 37.8 Å². The third-order valence-corrected chi connectivity index (χ3v) is 6.81. The number of morpholine rings is 1. The van der Waals surface area contributed by atoms with E-state index < -0.39 is 0 Å². The molecule has 5 nitrogen and oxygen atoms in total. The van der Waals surface area contributed by atoms with E-state index in [4.69, 9.17) is 4.74 Å². The van der Waals surface area contributed by atoms with Gasteiger partial charge in [-0.15, -0.1) is 0 Å². The lowest BCUT2D eigenvalue weighted by molar-refractivity contribution is -0.141. The van der Waals surface area contributed by atoms with E-state index >= 15 is 0 Å². The van der Waals surface area contributed by atoms with Crippen molar-refractivity contribution in [3.05, 3.63) is 35.4 Å². The van der Waals surface area contributed by atoms with Gasteiger partial charge in [-0.25, -0.2) is 0 Å². The second-order valence-electron chi connectivity index (χ2n) is 8.20. The van der Waals surface area contributed by atoms with Gasteiger partial charge >= 0.3 is 0 Å². The molecule has 2 heterocycles. The second kappa shape index (κ2) is 7.27. The van der Waals surface area contributed by atoms with Gasteiger partial charge in [0.25, 0.3) is 5.91 Å². The number of benzene rings is 1. The summed E-state index contributed by atoms with van der Waals surface area (Å²) in [6.45, 7) is 6.74. The number of carbonyl (C=O) groups excluding carboxylic acids is 2. The van der Waals surface area contributed by atoms with Gasteiger partial charge in [-0.3, -0.25) is 9.59 Å². The number of rotatable bonds is 3. The van der Waals surface area contributed by atoms with Crippen LogP contribution < -0.4 is 0 Å². The highest BCUT2D eigenvalue weighted by molar-refractivity contribution is 6.02. The van der Waals surface area contributed by atoms with Gasteiger partial charge in [-0.2, -0.15) is 0 Å². The van der Waals surface area contributed by atoms with Crippen LogP contribution in [0, 0.1) is 0 Å². The zero-order valence-electron chi connectivity index (χ0n) is 16.4. The van der Waals surface area contributed by atoms with Gasteiger partial charge in [0.15, 0.2) is 0 Å². The molecule has 0 aromatic heterocycles. The maximum absolute atomic E-state index is 13.8. The van der Waals surface area contributed by atoms with Crippen LogP contribution in [-0.2, 0) is 9.53 Å². The fraction of sp³-hybridized carbons (Fsp3) is 0.636. The zero-order valence-corrected chi connectivity index (χ0v) is 16.4. The summed E-state index contributed by atoms with van der Waals surface area (Å²) in [5, 5.41) is 0. The maximum Gasteiger partial charge on any atom is 0.254 e. The number of hydrogen-bond donors (Lipinski definition) is 0. The number of nitrogens with zero attached hydrogens (tertiary/aromatic N) is 2. The Labute approximate surface area is 161 Å². The lowest BCUT2D eigenvalue weighted by Gasteiger charge is -2.53. The second-order valence-corrected chi connectivity index (χ2v) is 8.20. The Morgan fingerprint density at radius 1 is 1.22 bits per heavy atom. The van der Waals surface area contributed by atoms with E-state index in [1.807, 2.05) is 29.2 Å². The molecule has 0 bridgehead atoms. The van der Waals surface area contributed by atoms with E-state index in [-0.39, 0.29) is 29.3 Å². The Balaban J connectivity index is 1.85. The highest BCUT2D eigenvalue weighted by Gasteiger charge is 2.57. The normalized spacial score (nSPS) is 25.6. The monoisotopic (exact) mass is 370 g/mol. The van der Waals surface area contributed by atoms with Crippen LogP contribution in [0.4, 0.5) is 0 Å². The molecule has 2 atom stereocenters. The van der Waals surface area contributed by atoms with Gasteiger partial charge < -0.3 is 14.5 Å². The van der Waals surface area contributed by atoms with Crippen LogP contribution in [0.1, 0.15) is 67.8 Å². The van der Waals surface area contributed by atoms with Crippen LogP contribution in [-0.4, -0.2) is 59.5 Å². The van der Waals surface area contributed by atoms with Crippen molar-refractivity contribution < 1.29 is 14.3 Å². The molecule has 1 aliphatic carbocycles. The molecule has 146 valence electrons. The Morgan fingerprint density at radius 2 is 1.89 bits per heavy atom. The van der Waals surface area contributed by atoms with E-state index in [0.29, 0.717) is 31.9 Å². The van der Waals surface area contributed by atoms with Gasteiger partial charge in [0.05, 0.1) is 24.7 Å². The summed E-state index contributed by atoms with van der Waals surface area (Å²) in [7, 11) is 0. The molecule has 27 heavy (non-hydrogen) atoms. The van der Waals surface area contributed by atoms with Crippen molar-refractivity contribution in [3.8, 4) is 0 Å². The summed E-state index contributed by atoms with van der Waals surface area (Å²) in [4.78, 5) is 31.3. The molecule has 1 saturated carbocycles. The molecule has 1 aromatic carbocycles. The van der Waals surface area contributed by atoms with Crippen molar-refractivity contribution in [3.63, 3.8) is 0 Å². The first kappa shape index (κ1) is 18.5. The first-order chi connectivity index (χ1) is 13.1. The molecule has 4 rings (SSSR count). The predicted molar refractivity (Wildman–Crippen MR) is 104 cm³/mol. The third-order valence-electron chi connectivity index (χ3n) is 6.81. The lowest BCUT2D eigenvalue weighted by Crippen LogP contribution is -2.63. The summed E-state index contributed by atoms with van der Waals surface area (Å²) < 4.78 is 5.46. The van der Waals surface area contributed by atoms with Crippen LogP contribution in [0.5, 0.6) is 0 Å². The van der Waals surface area contributed by atoms with Gasteiger partial charge in [0.1, 0.15) is 0 Å². The smallest absolute Gasteiger partial charge is 0.254 e. The van der Waals surface area contributed by atoms with Gasteiger partial charge in [-0.1, -0.05) is 38.0 Å². The van der Waals surface area contributed by atoms with E-state index in [1.54, 1.807) is 0 Å². The van der Waals surface area contributed by atoms with E-state index in [0.717, 1.165) is 37.7 Å². The molecule has 5 heteroatoms. The van der Waals surface area contributed by atoms with E-state index in [9.17, 15) is 9.59 Å². The average Bonchev–Trinajstić information content (AvgIpc) is 3.18. The highest BCUT2D eigenvalue weighted by Crippen LogP contribution is 2.52. The predicted octanol–water partition coefficient (Wildman–Crippen LogP) is 3.20. The van der Waals surface area contributed by atoms with Gasteiger partial charge in [0.2, 0.25) is 5.91 Å². The topological polar surface area (TPSA) is 49.9 Å². The summed E-state index contributed by atoms with van der Waals surface area (Å²) >= 11 is 0. The number of fused-ring (bicyclic) bond motifs is 1. The van der Waals surface area contributed by atoms with Gasteiger partial charge in [0, 0.05) is 24.7 Å². The molecular weight excluding hydrogens is 340 g/mol. The minimum absolute atomic E-state index is 0.105. The molecule has 0 radical (unpaired) electrons. The molecule has 2 amide bonds. The SMILES string of the molecule is CC[C@H](C)N1C(=O)c2ccccc2[C@H](C(=O)N2CCOCC2)C12CCCC2. The number of hydrogen-bond acceptors (Lipinski definition) is 3. The van der Waals surface area contributed by atoms with Crippen molar-refractivity contribution in [1.82, 2.24) is 9.80 Å². The first-order valence-electron chi connectivity index (χ1n) is 10.4. The summed E-state index contributed by atoms with van der Waals surface area (Å²) in [6.07, 6.45) is 4.88. The molecule has 0 unspecified atom stereocenters. The summed E-state index contributed by atoms with van der Waals surface area (Å²) in [5.74, 6) is 0.0160. The van der Waals surface area contributed by atoms with Crippen LogP contribution in [0.25, 0.3) is 0 Å². The Morgan fingerprint density at radius 3 is 2.56 bits per heavy atom. The van der Waals surface area contributed by atoms with Crippen molar-refractivity contribution in [2.75, 3.05) is 26.3 Å². The molecule has 1 spiro atoms. The van der Waals surface area contributed by atoms with Crippen molar-refractivity contribution in [2.45, 2.75) is 63.5 Å². The number of carbonyl (C=O) groups is 2. The fourth-order valence-corrected chi connectivity index (χ4v) is 5.37. The third kappa shape index (κ3) is 2.87. The van der Waals surface area contributed by atoms with Crippen molar-refractivity contribution >= 4 is 11.8 Å². The Bertz CT molecular complexity index is 720. The quantitative estimate of drug-likeness (QED) is 0.821. The molecule has 2 fully saturated rings. The molecule has 1 aromatic rings. The fourth-order valence-electron chi connectivity index (χ4n) is 5.37. The van der Waals surface area contributed by atoms with Crippen LogP contribution in [0.3, 0.4) is 0 Å². The Kier molecular flexibility index (Phi) is 4.97. The number of ether oxygens (including phenoxy) is 1. The van der Waals surface area contributed by atoms with E-state index in [1.165, 1.54) is 0 Å². The molecule has 3 aliphatic rings. The molecule has 2 aliphatic heterocycles. The van der Waals surface area contributed by atoms with Crippen LogP contribution >= 0.6 is 0 Å². The highest BCUT2D eigenvalue weighted by atomic mass is 16.5.